The van der Waals surface area contributed by atoms with E-state index in [1.807, 2.05) is 13.0 Å². The van der Waals surface area contributed by atoms with Crippen molar-refractivity contribution in [3.8, 4) is 5.75 Å². The molecule has 110 valence electrons. The summed E-state index contributed by atoms with van der Waals surface area (Å²) in [7, 11) is 0. The Kier molecular flexibility index (Phi) is 4.73. The van der Waals surface area contributed by atoms with Gasteiger partial charge in [-0.15, -0.1) is 0 Å². The second kappa shape index (κ2) is 6.35. The molecule has 21 heavy (non-hydrogen) atoms. The largest absolute Gasteiger partial charge is 0.482 e. The maximum Gasteiger partial charge on any atom is 0.205 e. The summed E-state index contributed by atoms with van der Waals surface area (Å²) in [6.45, 7) is 3.38. The summed E-state index contributed by atoms with van der Waals surface area (Å²) in [6.07, 6.45) is -0.871. The molecule has 1 atom stereocenters. The Hall–Kier alpha value is -1.75. The van der Waals surface area contributed by atoms with Gasteiger partial charge in [-0.25, -0.2) is 8.78 Å². The average Bonchev–Trinajstić information content (AvgIpc) is 2.41. The number of aryl methyl sites for hydroxylation is 1. The lowest BCUT2D eigenvalue weighted by Gasteiger charge is -2.16. The molecule has 0 fully saturated rings. The van der Waals surface area contributed by atoms with Gasteiger partial charge in [-0.2, -0.15) is 0 Å². The van der Waals surface area contributed by atoms with Gasteiger partial charge < -0.3 is 4.74 Å². The third-order valence-electron chi connectivity index (χ3n) is 3.01. The Morgan fingerprint density at radius 1 is 1.19 bits per heavy atom. The number of Topliss-reactive ketones (excluding diaryl/α,β-unsaturated/α-hetero) is 1. The van der Waals surface area contributed by atoms with Gasteiger partial charge in [0.1, 0.15) is 17.4 Å². The van der Waals surface area contributed by atoms with Crippen LogP contribution in [-0.4, -0.2) is 11.9 Å². The second-order valence-corrected chi connectivity index (χ2v) is 5.57. The van der Waals surface area contributed by atoms with Crippen molar-refractivity contribution in [1.82, 2.24) is 0 Å². The zero-order chi connectivity index (χ0) is 15.6. The number of benzene rings is 2. The fourth-order valence-corrected chi connectivity index (χ4v) is 2.37. The third kappa shape index (κ3) is 3.67. The predicted octanol–water partition coefficient (Wildman–Crippen LogP) is 4.69. The van der Waals surface area contributed by atoms with Gasteiger partial charge in [0, 0.05) is 10.5 Å². The van der Waals surface area contributed by atoms with Crippen LogP contribution in [0.25, 0.3) is 0 Å². The summed E-state index contributed by atoms with van der Waals surface area (Å²) >= 11 is 3.34. The van der Waals surface area contributed by atoms with Crippen LogP contribution in [0.4, 0.5) is 8.78 Å². The van der Waals surface area contributed by atoms with E-state index >= 15 is 0 Å². The fourth-order valence-electron chi connectivity index (χ4n) is 1.90. The molecule has 0 saturated heterocycles. The third-order valence-corrected chi connectivity index (χ3v) is 3.50. The van der Waals surface area contributed by atoms with Gasteiger partial charge in [-0.3, -0.25) is 4.79 Å². The van der Waals surface area contributed by atoms with E-state index in [1.54, 1.807) is 12.1 Å². The number of halogens is 3. The molecular formula is C16H13BrF2O2. The van der Waals surface area contributed by atoms with Crippen molar-refractivity contribution in [2.75, 3.05) is 0 Å². The molecule has 0 spiro atoms. The molecule has 2 aromatic rings. The van der Waals surface area contributed by atoms with Crippen LogP contribution in [-0.2, 0) is 0 Å². The second-order valence-electron chi connectivity index (χ2n) is 4.66. The number of hydrogen-bond donors (Lipinski definition) is 0. The highest BCUT2D eigenvalue weighted by Crippen LogP contribution is 2.24. The van der Waals surface area contributed by atoms with Gasteiger partial charge in [-0.05, 0) is 49.7 Å². The number of ketones is 1. The smallest absolute Gasteiger partial charge is 0.205 e. The molecule has 0 aromatic heterocycles. The number of ether oxygens (including phenoxy) is 1. The zero-order valence-electron chi connectivity index (χ0n) is 11.5. The van der Waals surface area contributed by atoms with Crippen LogP contribution < -0.4 is 4.74 Å². The van der Waals surface area contributed by atoms with E-state index in [0.717, 1.165) is 22.2 Å². The monoisotopic (exact) mass is 354 g/mol. The first-order valence-corrected chi connectivity index (χ1v) is 7.10. The number of carbonyl (C=O) groups is 1. The van der Waals surface area contributed by atoms with E-state index in [-0.39, 0.29) is 5.56 Å². The molecule has 0 bridgehead atoms. The Balaban J connectivity index is 2.19. The quantitative estimate of drug-likeness (QED) is 0.744. The van der Waals surface area contributed by atoms with Crippen molar-refractivity contribution in [1.29, 1.82) is 0 Å². The average molecular weight is 355 g/mol. The van der Waals surface area contributed by atoms with Crippen LogP contribution in [0, 0.1) is 18.6 Å². The SMILES string of the molecule is Cc1cc(Br)ccc1OC(C)C(=O)c1ccc(F)cc1F. The minimum Gasteiger partial charge on any atom is -0.482 e. The van der Waals surface area contributed by atoms with Gasteiger partial charge >= 0.3 is 0 Å². The topological polar surface area (TPSA) is 26.3 Å². The molecule has 2 rings (SSSR count). The Morgan fingerprint density at radius 3 is 2.52 bits per heavy atom. The molecule has 1 unspecified atom stereocenters. The first kappa shape index (κ1) is 15.6. The number of hydrogen-bond acceptors (Lipinski definition) is 2. The lowest BCUT2D eigenvalue weighted by atomic mass is 10.1. The number of rotatable bonds is 4. The van der Waals surface area contributed by atoms with Gasteiger partial charge in [0.05, 0.1) is 5.56 Å². The molecule has 0 aliphatic rings. The molecule has 0 N–H and O–H groups in total. The van der Waals surface area contributed by atoms with Gasteiger partial charge in [0.25, 0.3) is 0 Å². The summed E-state index contributed by atoms with van der Waals surface area (Å²) in [5.74, 6) is -1.60. The Labute approximate surface area is 129 Å². The highest BCUT2D eigenvalue weighted by atomic mass is 79.9. The van der Waals surface area contributed by atoms with E-state index in [2.05, 4.69) is 15.9 Å². The molecule has 2 nitrogen and oxygen atoms in total. The molecule has 0 aliphatic carbocycles. The van der Waals surface area contributed by atoms with Crippen LogP contribution in [0.2, 0.25) is 0 Å². The van der Waals surface area contributed by atoms with Crippen molar-refractivity contribution < 1.29 is 18.3 Å². The van der Waals surface area contributed by atoms with E-state index in [1.165, 1.54) is 6.92 Å². The Bertz CT molecular complexity index is 686. The molecule has 5 heteroatoms. The molecule has 0 radical (unpaired) electrons. The van der Waals surface area contributed by atoms with Crippen LogP contribution in [0.15, 0.2) is 40.9 Å². The summed E-state index contributed by atoms with van der Waals surface area (Å²) in [5, 5.41) is 0. The van der Waals surface area contributed by atoms with Crippen molar-refractivity contribution in [2.45, 2.75) is 20.0 Å². The summed E-state index contributed by atoms with van der Waals surface area (Å²) in [4.78, 5) is 12.2. The summed E-state index contributed by atoms with van der Waals surface area (Å²) in [5.41, 5.74) is 0.669. The van der Waals surface area contributed by atoms with Crippen LogP contribution in [0.1, 0.15) is 22.8 Å². The van der Waals surface area contributed by atoms with Gasteiger partial charge in [0.15, 0.2) is 6.10 Å². The maximum absolute atomic E-state index is 13.6. The molecule has 0 amide bonds. The van der Waals surface area contributed by atoms with Crippen molar-refractivity contribution in [3.05, 3.63) is 63.6 Å². The number of carbonyl (C=O) groups excluding carboxylic acids is 1. The highest BCUT2D eigenvalue weighted by Gasteiger charge is 2.21. The van der Waals surface area contributed by atoms with Crippen LogP contribution >= 0.6 is 15.9 Å². The van der Waals surface area contributed by atoms with Crippen molar-refractivity contribution in [2.24, 2.45) is 0 Å². The lowest BCUT2D eigenvalue weighted by molar-refractivity contribution is 0.0812. The minimum atomic E-state index is -0.886. The van der Waals surface area contributed by atoms with E-state index in [0.29, 0.717) is 11.8 Å². The minimum absolute atomic E-state index is 0.182. The molecule has 0 heterocycles. The van der Waals surface area contributed by atoms with E-state index in [4.69, 9.17) is 4.74 Å². The van der Waals surface area contributed by atoms with Crippen molar-refractivity contribution in [3.63, 3.8) is 0 Å². The first-order valence-electron chi connectivity index (χ1n) is 6.30. The maximum atomic E-state index is 13.6. The molecule has 0 saturated carbocycles. The van der Waals surface area contributed by atoms with Crippen molar-refractivity contribution >= 4 is 21.7 Å². The molecule has 0 aliphatic heterocycles. The standard InChI is InChI=1S/C16H13BrF2O2/c1-9-7-11(17)3-6-15(9)21-10(2)16(20)13-5-4-12(18)8-14(13)19/h3-8,10H,1-2H3. The highest BCUT2D eigenvalue weighted by molar-refractivity contribution is 9.10. The molecular weight excluding hydrogens is 342 g/mol. The van der Waals surface area contributed by atoms with E-state index in [9.17, 15) is 13.6 Å². The summed E-state index contributed by atoms with van der Waals surface area (Å²) < 4.78 is 32.9. The van der Waals surface area contributed by atoms with Gasteiger partial charge in [0.2, 0.25) is 5.78 Å². The summed E-state index contributed by atoms with van der Waals surface area (Å²) in [6, 6.07) is 8.23. The fraction of sp³-hybridized carbons (Fsp3) is 0.188. The van der Waals surface area contributed by atoms with Crippen LogP contribution in [0.5, 0.6) is 5.75 Å². The van der Waals surface area contributed by atoms with E-state index < -0.39 is 23.5 Å². The van der Waals surface area contributed by atoms with Crippen LogP contribution in [0.3, 0.4) is 0 Å². The zero-order valence-corrected chi connectivity index (χ0v) is 13.1. The molecule has 2 aromatic carbocycles. The van der Waals surface area contributed by atoms with Gasteiger partial charge in [-0.1, -0.05) is 15.9 Å². The Morgan fingerprint density at radius 2 is 1.90 bits per heavy atom. The predicted molar refractivity (Wildman–Crippen MR) is 79.7 cm³/mol. The normalized spacial score (nSPS) is 12.0. The first-order chi connectivity index (χ1) is 9.88. The lowest BCUT2D eigenvalue weighted by Crippen LogP contribution is -2.25.